The number of hydrogen-bond donors (Lipinski definition) is 2. The number of fused-ring (bicyclic) bond motifs is 1. The van der Waals surface area contributed by atoms with Gasteiger partial charge >= 0.3 is 5.97 Å². The summed E-state index contributed by atoms with van der Waals surface area (Å²) in [7, 11) is 0. The number of carboxylic acid groups (broad SMARTS) is 1. The molecule has 0 spiro atoms. The summed E-state index contributed by atoms with van der Waals surface area (Å²) in [6.45, 7) is 0. The van der Waals surface area contributed by atoms with Crippen LogP contribution >= 0.6 is 0 Å². The molecule has 3 rings (SSSR count). The number of carboxylic acids is 1. The van der Waals surface area contributed by atoms with Crippen LogP contribution in [-0.2, 0) is 16.0 Å². The number of nitrogens with one attached hydrogen (secondary N) is 1. The first-order valence-corrected chi connectivity index (χ1v) is 6.48. The van der Waals surface area contributed by atoms with E-state index in [4.69, 9.17) is 9.52 Å². The fourth-order valence-corrected chi connectivity index (χ4v) is 2.09. The van der Waals surface area contributed by atoms with Crippen LogP contribution in [0.15, 0.2) is 28.7 Å². The lowest BCUT2D eigenvalue weighted by Crippen LogP contribution is -2.43. The molecule has 1 heterocycles. The number of nitrogens with zero attached hydrogens (tertiary/aromatic N) is 1. The highest BCUT2D eigenvalue weighted by molar-refractivity contribution is 5.89. The Morgan fingerprint density at radius 3 is 2.75 bits per heavy atom. The summed E-state index contributed by atoms with van der Waals surface area (Å²) in [6, 6.07) is 7.38. The Kier molecular flexibility index (Phi) is 2.93. The largest absolute Gasteiger partial charge is 0.480 e. The van der Waals surface area contributed by atoms with Crippen LogP contribution in [0.4, 0.5) is 0 Å². The molecule has 6 nitrogen and oxygen atoms in total. The number of benzene rings is 1. The molecule has 20 heavy (non-hydrogen) atoms. The second-order valence-corrected chi connectivity index (χ2v) is 5.01. The summed E-state index contributed by atoms with van der Waals surface area (Å²) >= 11 is 0. The van der Waals surface area contributed by atoms with Crippen molar-refractivity contribution in [2.24, 2.45) is 0 Å². The number of aromatic nitrogens is 1. The summed E-state index contributed by atoms with van der Waals surface area (Å²) in [5.41, 5.74) is 0.414. The maximum atomic E-state index is 11.7. The molecule has 104 valence electrons. The van der Waals surface area contributed by atoms with Gasteiger partial charge < -0.3 is 14.8 Å². The van der Waals surface area contributed by atoms with E-state index in [2.05, 4.69) is 10.3 Å². The molecule has 1 fully saturated rings. The van der Waals surface area contributed by atoms with Gasteiger partial charge in [0.2, 0.25) is 5.91 Å². The first kappa shape index (κ1) is 12.7. The lowest BCUT2D eigenvalue weighted by molar-refractivity contribution is -0.143. The second kappa shape index (κ2) is 4.63. The van der Waals surface area contributed by atoms with Crippen molar-refractivity contribution in [1.29, 1.82) is 0 Å². The minimum absolute atomic E-state index is 0.169. The van der Waals surface area contributed by atoms with E-state index in [1.54, 1.807) is 0 Å². The topological polar surface area (TPSA) is 92.4 Å². The molecule has 0 atom stereocenters. The first-order chi connectivity index (χ1) is 9.59. The van der Waals surface area contributed by atoms with E-state index in [0.717, 1.165) is 5.52 Å². The van der Waals surface area contributed by atoms with Crippen LogP contribution in [0.25, 0.3) is 11.1 Å². The fraction of sp³-hybridized carbons (Fsp3) is 0.357. The number of rotatable bonds is 5. The molecular formula is C14H14N2O4. The van der Waals surface area contributed by atoms with Crippen molar-refractivity contribution < 1.29 is 19.1 Å². The third kappa shape index (κ3) is 2.36. The van der Waals surface area contributed by atoms with Crippen molar-refractivity contribution in [3.63, 3.8) is 0 Å². The molecule has 0 saturated heterocycles. The highest BCUT2D eigenvalue weighted by atomic mass is 16.4. The zero-order valence-corrected chi connectivity index (χ0v) is 10.8. The Morgan fingerprint density at radius 2 is 2.10 bits per heavy atom. The van der Waals surface area contributed by atoms with Crippen molar-refractivity contribution in [1.82, 2.24) is 10.3 Å². The average Bonchev–Trinajstić information content (AvgIpc) is 3.08. The molecule has 1 aromatic carbocycles. The number of oxazole rings is 1. The first-order valence-electron chi connectivity index (χ1n) is 6.48. The lowest BCUT2D eigenvalue weighted by Gasteiger charge is -2.11. The van der Waals surface area contributed by atoms with Crippen molar-refractivity contribution in [3.8, 4) is 0 Å². The van der Waals surface area contributed by atoms with Gasteiger partial charge in [0, 0.05) is 12.8 Å². The van der Waals surface area contributed by atoms with Gasteiger partial charge in [0.25, 0.3) is 0 Å². The van der Waals surface area contributed by atoms with E-state index in [-0.39, 0.29) is 12.3 Å². The van der Waals surface area contributed by atoms with Crippen LogP contribution in [0.1, 0.15) is 25.2 Å². The van der Waals surface area contributed by atoms with Gasteiger partial charge in [-0.3, -0.25) is 4.79 Å². The van der Waals surface area contributed by atoms with Gasteiger partial charge in [-0.05, 0) is 25.0 Å². The summed E-state index contributed by atoms with van der Waals surface area (Å²) in [4.78, 5) is 27.0. The molecule has 2 N–H and O–H groups in total. The smallest absolute Gasteiger partial charge is 0.329 e. The molecular weight excluding hydrogens is 260 g/mol. The van der Waals surface area contributed by atoms with Crippen molar-refractivity contribution in [2.75, 3.05) is 0 Å². The van der Waals surface area contributed by atoms with Gasteiger partial charge in [-0.2, -0.15) is 0 Å². The summed E-state index contributed by atoms with van der Waals surface area (Å²) in [5.74, 6) is -0.763. The number of carbonyl (C=O) groups excluding carboxylic acids is 1. The number of aryl methyl sites for hydroxylation is 1. The molecule has 2 aromatic rings. The molecule has 0 bridgehead atoms. The Labute approximate surface area is 114 Å². The summed E-state index contributed by atoms with van der Waals surface area (Å²) < 4.78 is 5.50. The molecule has 6 heteroatoms. The van der Waals surface area contributed by atoms with E-state index < -0.39 is 11.5 Å². The molecule has 0 unspecified atom stereocenters. The predicted molar refractivity (Wildman–Crippen MR) is 70.1 cm³/mol. The number of aliphatic carboxylic acids is 1. The van der Waals surface area contributed by atoms with E-state index in [1.165, 1.54) is 0 Å². The van der Waals surface area contributed by atoms with Gasteiger partial charge in [-0.15, -0.1) is 0 Å². The molecule has 1 amide bonds. The minimum Gasteiger partial charge on any atom is -0.480 e. The number of carbonyl (C=O) groups is 2. The Balaban J connectivity index is 1.59. The van der Waals surface area contributed by atoms with Crippen LogP contribution in [0.3, 0.4) is 0 Å². The van der Waals surface area contributed by atoms with Crippen LogP contribution in [-0.4, -0.2) is 27.5 Å². The van der Waals surface area contributed by atoms with Crippen molar-refractivity contribution in [3.05, 3.63) is 30.2 Å². The van der Waals surface area contributed by atoms with Gasteiger partial charge in [-0.1, -0.05) is 12.1 Å². The van der Waals surface area contributed by atoms with E-state index in [0.29, 0.717) is 30.7 Å². The lowest BCUT2D eigenvalue weighted by atomic mass is 10.2. The van der Waals surface area contributed by atoms with Crippen molar-refractivity contribution in [2.45, 2.75) is 31.2 Å². The predicted octanol–water partition coefficient (Wildman–Crippen LogP) is 1.49. The molecule has 1 aliphatic carbocycles. The zero-order valence-electron chi connectivity index (χ0n) is 10.8. The maximum absolute atomic E-state index is 11.7. The SMILES string of the molecule is O=C(CCc1nc2ccccc2o1)NC1(C(=O)O)CC1. The van der Waals surface area contributed by atoms with Crippen LogP contribution in [0.5, 0.6) is 0 Å². The van der Waals surface area contributed by atoms with E-state index >= 15 is 0 Å². The molecule has 0 aliphatic heterocycles. The quantitative estimate of drug-likeness (QED) is 0.861. The number of para-hydroxylation sites is 2. The highest BCUT2D eigenvalue weighted by Crippen LogP contribution is 2.35. The van der Waals surface area contributed by atoms with Gasteiger partial charge in [0.15, 0.2) is 11.5 Å². The third-order valence-electron chi connectivity index (χ3n) is 3.44. The second-order valence-electron chi connectivity index (χ2n) is 5.01. The maximum Gasteiger partial charge on any atom is 0.329 e. The molecule has 1 aromatic heterocycles. The Bertz CT molecular complexity index is 640. The van der Waals surface area contributed by atoms with Gasteiger partial charge in [-0.25, -0.2) is 9.78 Å². The standard InChI is InChI=1S/C14H14N2O4/c17-11(16-14(7-8-14)13(18)19)5-6-12-15-9-3-1-2-4-10(9)20-12/h1-4H,5-8H2,(H,16,17)(H,18,19). The van der Waals surface area contributed by atoms with Crippen LogP contribution < -0.4 is 5.32 Å². The number of amides is 1. The fourth-order valence-electron chi connectivity index (χ4n) is 2.09. The molecule has 1 aliphatic rings. The monoisotopic (exact) mass is 274 g/mol. The normalized spacial score (nSPS) is 16.0. The van der Waals surface area contributed by atoms with E-state index in [9.17, 15) is 9.59 Å². The van der Waals surface area contributed by atoms with Crippen LogP contribution in [0.2, 0.25) is 0 Å². The zero-order chi connectivity index (χ0) is 14.2. The van der Waals surface area contributed by atoms with Gasteiger partial charge in [0.1, 0.15) is 11.1 Å². The Morgan fingerprint density at radius 1 is 1.35 bits per heavy atom. The van der Waals surface area contributed by atoms with Crippen molar-refractivity contribution >= 4 is 23.0 Å². The minimum atomic E-state index is -1.03. The van der Waals surface area contributed by atoms with E-state index in [1.807, 2.05) is 24.3 Å². The number of hydrogen-bond acceptors (Lipinski definition) is 4. The summed E-state index contributed by atoms with van der Waals surface area (Å²) in [6.07, 6.45) is 1.52. The summed E-state index contributed by atoms with van der Waals surface area (Å²) in [5, 5.41) is 11.6. The third-order valence-corrected chi connectivity index (χ3v) is 3.44. The molecule has 1 saturated carbocycles. The highest BCUT2D eigenvalue weighted by Gasteiger charge is 2.51. The van der Waals surface area contributed by atoms with Crippen LogP contribution in [0, 0.1) is 0 Å². The Hall–Kier alpha value is -2.37. The average molecular weight is 274 g/mol. The van der Waals surface area contributed by atoms with Gasteiger partial charge in [0.05, 0.1) is 0 Å². The molecule has 0 radical (unpaired) electrons.